The van der Waals surface area contributed by atoms with Gasteiger partial charge in [-0.2, -0.15) is 0 Å². The summed E-state index contributed by atoms with van der Waals surface area (Å²) in [5.41, 5.74) is 0. The molecule has 0 radical (unpaired) electrons. The molecule has 0 aliphatic rings. The average Bonchev–Trinajstić information content (AvgIpc) is 2.40. The Morgan fingerprint density at radius 1 is 0.778 bits per heavy atom. The lowest BCUT2D eigenvalue weighted by atomic mass is 10.5. The van der Waals surface area contributed by atoms with Crippen LogP contribution in [-0.4, -0.2) is 37.7 Å². The molecule has 0 saturated heterocycles. The van der Waals surface area contributed by atoms with Crippen LogP contribution in [0.4, 0.5) is 0 Å². The van der Waals surface area contributed by atoms with Crippen molar-refractivity contribution in [3.63, 3.8) is 0 Å². The third-order valence-electron chi connectivity index (χ3n) is 1.41. The fourth-order valence-electron chi connectivity index (χ4n) is 0.584. The minimum atomic E-state index is -0.173. The van der Waals surface area contributed by atoms with Gasteiger partial charge < -0.3 is 9.47 Å². The van der Waals surface area contributed by atoms with Gasteiger partial charge >= 0.3 is 11.9 Å². The maximum Gasteiger partial charge on any atom is 0.306 e. The highest BCUT2D eigenvalue weighted by Gasteiger charge is 2.02. The van der Waals surface area contributed by atoms with E-state index in [2.05, 4.69) is 9.47 Å². The van der Waals surface area contributed by atoms with Gasteiger partial charge in [-0.3, -0.25) is 9.59 Å². The quantitative estimate of drug-likeness (QED) is 0.303. The third-order valence-corrected chi connectivity index (χ3v) is 12.3. The summed E-state index contributed by atoms with van der Waals surface area (Å²) in [6, 6.07) is 0. The van der Waals surface area contributed by atoms with Crippen molar-refractivity contribution in [2.45, 2.75) is 12.8 Å². The number of rotatable bonds is 11. The van der Waals surface area contributed by atoms with Crippen molar-refractivity contribution in [2.75, 3.05) is 25.7 Å². The number of hydrogen-bond donors (Lipinski definition) is 0. The molecule has 0 bridgehead atoms. The van der Waals surface area contributed by atoms with Gasteiger partial charge in [0.05, 0.1) is 27.1 Å². The van der Waals surface area contributed by atoms with Crippen molar-refractivity contribution >= 4 is 72.8 Å². The van der Waals surface area contributed by atoms with Crippen LogP contribution in [0.5, 0.6) is 0 Å². The molecule has 0 fully saturated rings. The molecule has 4 nitrogen and oxygen atoms in total. The number of carbonyl (C=O) groups excluding carboxylic acids is 2. The molecule has 0 rings (SSSR count). The minimum Gasteiger partial charge on any atom is -0.469 e. The Balaban J connectivity index is 3.07. The molecule has 0 aromatic rings. The van der Waals surface area contributed by atoms with E-state index in [1.54, 1.807) is 60.9 Å². The summed E-state index contributed by atoms with van der Waals surface area (Å²) >= 11 is 0. The third kappa shape index (κ3) is 13.5. The Bertz CT molecular complexity index is 216. The molecule has 10 heteroatoms. The molecule has 0 aromatic carbocycles. The number of carbonyl (C=O) groups is 2. The highest BCUT2D eigenvalue weighted by Crippen LogP contribution is 2.52. The molecule has 0 aliphatic heterocycles. The van der Waals surface area contributed by atoms with Crippen LogP contribution in [0.25, 0.3) is 0 Å². The summed E-state index contributed by atoms with van der Waals surface area (Å²) in [6.07, 6.45) is 0.890. The summed E-state index contributed by atoms with van der Waals surface area (Å²) in [4.78, 5) is 21.6. The maximum absolute atomic E-state index is 10.8. The largest absolute Gasteiger partial charge is 0.469 e. The van der Waals surface area contributed by atoms with Crippen molar-refractivity contribution in [3.05, 3.63) is 0 Å². The molecule has 0 spiro atoms. The Hall–Kier alpha value is 1.04. The molecular weight excluding hydrogens is 352 g/mol. The van der Waals surface area contributed by atoms with E-state index < -0.39 is 0 Å². The zero-order valence-electron chi connectivity index (χ0n) is 9.91. The topological polar surface area (TPSA) is 52.6 Å². The Morgan fingerprint density at radius 2 is 1.17 bits per heavy atom. The summed E-state index contributed by atoms with van der Waals surface area (Å²) in [6.45, 7) is 0. The summed E-state index contributed by atoms with van der Waals surface area (Å²) in [7, 11) is 12.6. The average molecular weight is 367 g/mol. The Labute approximate surface area is 130 Å². The van der Waals surface area contributed by atoms with E-state index in [4.69, 9.17) is 0 Å². The van der Waals surface area contributed by atoms with Crippen molar-refractivity contribution in [3.8, 4) is 0 Å². The number of ether oxygens (including phenoxy) is 2. The van der Waals surface area contributed by atoms with Crippen molar-refractivity contribution in [1.82, 2.24) is 0 Å². The van der Waals surface area contributed by atoms with Crippen LogP contribution in [-0.2, 0) is 19.1 Å². The van der Waals surface area contributed by atoms with Gasteiger partial charge in [-0.25, -0.2) is 0 Å². The first-order chi connectivity index (χ1) is 8.70. The summed E-state index contributed by atoms with van der Waals surface area (Å²) < 4.78 is 9.06. The first-order valence-electron chi connectivity index (χ1n) is 4.75. The highest BCUT2D eigenvalue weighted by molar-refractivity contribution is 9.41. The molecule has 0 N–H and O–H groups in total. The second kappa shape index (κ2) is 14.4. The van der Waals surface area contributed by atoms with Gasteiger partial charge in [0, 0.05) is 11.5 Å². The molecule has 0 atom stereocenters. The molecule has 0 aromatic heterocycles. The lowest BCUT2D eigenvalue weighted by molar-refractivity contribution is -0.140. The lowest BCUT2D eigenvalue weighted by Crippen LogP contribution is -2.00. The Kier molecular flexibility index (Phi) is 15.3. The zero-order chi connectivity index (χ0) is 13.6. The van der Waals surface area contributed by atoms with Gasteiger partial charge in [-0.15, -0.1) is 0 Å². The van der Waals surface area contributed by atoms with E-state index in [0.29, 0.717) is 12.8 Å². The molecule has 0 aliphatic carbocycles. The van der Waals surface area contributed by atoms with Gasteiger partial charge in [0.15, 0.2) is 0 Å². The van der Waals surface area contributed by atoms with E-state index in [1.807, 2.05) is 0 Å². The van der Waals surface area contributed by atoms with Gasteiger partial charge in [-0.05, 0) is 39.3 Å². The zero-order valence-corrected chi connectivity index (χ0v) is 14.8. The molecule has 106 valence electrons. The number of hydrogen-bond acceptors (Lipinski definition) is 10. The SMILES string of the molecule is COC(=O)CCSSSSSSCCC(=O)OC. The lowest BCUT2D eigenvalue weighted by Gasteiger charge is -2.00. The van der Waals surface area contributed by atoms with Gasteiger partial charge in [-0.1, -0.05) is 21.6 Å². The molecule has 0 amide bonds. The first kappa shape index (κ1) is 19.0. The van der Waals surface area contributed by atoms with Crippen LogP contribution in [0.3, 0.4) is 0 Å². The maximum atomic E-state index is 10.8. The molecule has 0 unspecified atom stereocenters. The van der Waals surface area contributed by atoms with Crippen LogP contribution in [0, 0.1) is 0 Å². The van der Waals surface area contributed by atoms with E-state index in [0.717, 1.165) is 11.5 Å². The van der Waals surface area contributed by atoms with Crippen LogP contribution in [0.1, 0.15) is 12.8 Å². The van der Waals surface area contributed by atoms with E-state index in [9.17, 15) is 9.59 Å². The minimum absolute atomic E-state index is 0.173. The number of methoxy groups -OCH3 is 2. The second-order valence-electron chi connectivity index (χ2n) is 2.57. The van der Waals surface area contributed by atoms with Gasteiger partial charge in [0.2, 0.25) is 0 Å². The van der Waals surface area contributed by atoms with Crippen molar-refractivity contribution in [1.29, 1.82) is 0 Å². The normalized spacial score (nSPS) is 10.1. The van der Waals surface area contributed by atoms with Gasteiger partial charge in [0.25, 0.3) is 0 Å². The van der Waals surface area contributed by atoms with Crippen LogP contribution >= 0.6 is 60.9 Å². The van der Waals surface area contributed by atoms with E-state index >= 15 is 0 Å². The predicted octanol–water partition coefficient (Wildman–Crippen LogP) is 4.09. The molecule has 0 heterocycles. The monoisotopic (exact) mass is 366 g/mol. The fraction of sp³-hybridized carbons (Fsp3) is 0.750. The first-order valence-corrected chi connectivity index (χ1v) is 12.6. The van der Waals surface area contributed by atoms with Crippen molar-refractivity contribution < 1.29 is 19.1 Å². The van der Waals surface area contributed by atoms with E-state index in [-0.39, 0.29) is 11.9 Å². The molecule has 0 saturated carbocycles. The number of esters is 2. The van der Waals surface area contributed by atoms with Crippen LogP contribution < -0.4 is 0 Å². The van der Waals surface area contributed by atoms with Gasteiger partial charge in [0.1, 0.15) is 0 Å². The summed E-state index contributed by atoms with van der Waals surface area (Å²) in [5.74, 6) is 1.16. The van der Waals surface area contributed by atoms with Crippen LogP contribution in [0.2, 0.25) is 0 Å². The fourth-order valence-corrected chi connectivity index (χ4v) is 12.0. The smallest absolute Gasteiger partial charge is 0.306 e. The molecule has 18 heavy (non-hydrogen) atoms. The predicted molar refractivity (Wildman–Crippen MR) is 88.5 cm³/mol. The summed E-state index contributed by atoms with van der Waals surface area (Å²) in [5, 5.41) is 0. The van der Waals surface area contributed by atoms with Crippen LogP contribution in [0.15, 0.2) is 0 Å². The highest BCUT2D eigenvalue weighted by atomic mass is 33.9. The molecular formula is C8H14O4S6. The van der Waals surface area contributed by atoms with E-state index in [1.165, 1.54) is 14.2 Å². The standard InChI is InChI=1S/C8H14O4S6/c1-11-7(9)3-5-13-15-17-18-16-14-6-4-8(10)12-2/h3-6H2,1-2H3. The second-order valence-corrected chi connectivity index (χ2v) is 12.3. The Morgan fingerprint density at radius 3 is 1.50 bits per heavy atom. The van der Waals surface area contributed by atoms with Crippen molar-refractivity contribution in [2.24, 2.45) is 0 Å².